The lowest BCUT2D eigenvalue weighted by atomic mass is 9.99. The van der Waals surface area contributed by atoms with Gasteiger partial charge < -0.3 is 0 Å². The zero-order valence-electron chi connectivity index (χ0n) is 18.9. The second-order valence-corrected chi connectivity index (χ2v) is 20.2. The van der Waals surface area contributed by atoms with Crippen LogP contribution in [0.5, 0.6) is 0 Å². The highest BCUT2D eigenvalue weighted by molar-refractivity contribution is 7.62. The summed E-state index contributed by atoms with van der Waals surface area (Å²) >= 11 is 0. The molecule has 0 saturated heterocycles. The Labute approximate surface area is 156 Å². The zero-order valence-corrected chi connectivity index (χ0v) is 20.7. The van der Waals surface area contributed by atoms with Gasteiger partial charge in [0.1, 0.15) is 0 Å². The summed E-state index contributed by atoms with van der Waals surface area (Å²) in [7, 11) is 0.104. The van der Waals surface area contributed by atoms with Crippen LogP contribution >= 0.6 is 15.8 Å². The number of rotatable bonds is 2. The molecule has 2 heteroatoms. The maximum Gasteiger partial charge on any atom is -0.0172 e. The smallest absolute Gasteiger partial charge is 0.0172 e. The number of hydrogen-bond donors (Lipinski definition) is 0. The summed E-state index contributed by atoms with van der Waals surface area (Å²) in [4.78, 5) is 0. The van der Waals surface area contributed by atoms with Crippen LogP contribution in [0.15, 0.2) is 0 Å². The Morgan fingerprint density at radius 1 is 0.417 bits per heavy atom. The molecular formula is C22H46P2. The Hall–Kier alpha value is 0.860. The van der Waals surface area contributed by atoms with E-state index in [0.717, 1.165) is 11.3 Å². The van der Waals surface area contributed by atoms with Gasteiger partial charge in [-0.25, -0.2) is 0 Å². The van der Waals surface area contributed by atoms with Crippen LogP contribution in [0, 0.1) is 0 Å². The molecule has 0 bridgehead atoms. The van der Waals surface area contributed by atoms with E-state index in [9.17, 15) is 0 Å². The van der Waals surface area contributed by atoms with Crippen molar-refractivity contribution < 1.29 is 0 Å². The van der Waals surface area contributed by atoms with Crippen molar-refractivity contribution in [1.29, 1.82) is 0 Å². The third-order valence-corrected chi connectivity index (χ3v) is 13.6. The van der Waals surface area contributed by atoms with Crippen molar-refractivity contribution in [3.63, 3.8) is 0 Å². The summed E-state index contributed by atoms with van der Waals surface area (Å²) in [6, 6.07) is 0. The first-order chi connectivity index (χ1) is 10.5. The second kappa shape index (κ2) is 7.47. The Morgan fingerprint density at radius 2 is 0.583 bits per heavy atom. The molecule has 0 amide bonds. The average molecular weight is 373 g/mol. The molecule has 0 heterocycles. The lowest BCUT2D eigenvalue weighted by molar-refractivity contribution is 0.492. The molecule has 0 nitrogen and oxygen atoms in total. The third kappa shape index (κ3) is 5.95. The van der Waals surface area contributed by atoms with Gasteiger partial charge in [-0.2, -0.15) is 0 Å². The van der Waals surface area contributed by atoms with E-state index in [2.05, 4.69) is 83.1 Å². The fourth-order valence-electron chi connectivity index (χ4n) is 5.78. The molecule has 1 rings (SSSR count). The molecule has 0 atom stereocenters. The average Bonchev–Trinajstić information content (AvgIpc) is 2.23. The standard InChI is InChI=1S/C22H46P2/c1-19(2,3)23(20(4,5)6)17-13-15-18(16-14-17)24(21(7,8)9)22(10,11)12/h17-18H,13-16H2,1-12H3. The van der Waals surface area contributed by atoms with Crippen LogP contribution in [0.4, 0.5) is 0 Å². The topological polar surface area (TPSA) is 0 Å². The summed E-state index contributed by atoms with van der Waals surface area (Å²) in [5.74, 6) is 0. The molecule has 24 heavy (non-hydrogen) atoms. The molecule has 0 aromatic rings. The monoisotopic (exact) mass is 372 g/mol. The van der Waals surface area contributed by atoms with Gasteiger partial charge in [-0.1, -0.05) is 98.9 Å². The van der Waals surface area contributed by atoms with Crippen molar-refractivity contribution in [2.45, 2.75) is 141 Å². The van der Waals surface area contributed by atoms with Gasteiger partial charge >= 0.3 is 0 Å². The van der Waals surface area contributed by atoms with E-state index in [0.29, 0.717) is 20.6 Å². The predicted octanol–water partition coefficient (Wildman–Crippen LogP) is 8.46. The fraction of sp³-hybridized carbons (Fsp3) is 1.00. The molecule has 0 radical (unpaired) electrons. The lowest BCUT2D eigenvalue weighted by Gasteiger charge is -2.52. The lowest BCUT2D eigenvalue weighted by Crippen LogP contribution is -2.37. The maximum absolute atomic E-state index is 2.49. The first-order valence-electron chi connectivity index (χ1n) is 10.0. The van der Waals surface area contributed by atoms with Crippen molar-refractivity contribution in [1.82, 2.24) is 0 Å². The molecule has 0 N–H and O–H groups in total. The van der Waals surface area contributed by atoms with Crippen molar-refractivity contribution >= 4 is 15.8 Å². The summed E-state index contributed by atoms with van der Waals surface area (Å²) < 4.78 is 0. The first-order valence-corrected chi connectivity index (χ1v) is 12.9. The zero-order chi connectivity index (χ0) is 19.1. The molecule has 0 aromatic heterocycles. The number of hydrogen-bond acceptors (Lipinski definition) is 0. The van der Waals surface area contributed by atoms with Gasteiger partial charge in [-0.05, 0) is 57.6 Å². The third-order valence-electron chi connectivity index (χ3n) is 5.29. The van der Waals surface area contributed by atoms with Gasteiger partial charge in [0.15, 0.2) is 0 Å². The van der Waals surface area contributed by atoms with Crippen molar-refractivity contribution in [3.05, 3.63) is 0 Å². The van der Waals surface area contributed by atoms with Gasteiger partial charge in [-0.15, -0.1) is 0 Å². The molecule has 0 spiro atoms. The molecule has 1 saturated carbocycles. The van der Waals surface area contributed by atoms with Gasteiger partial charge in [0.25, 0.3) is 0 Å². The molecule has 144 valence electrons. The van der Waals surface area contributed by atoms with Crippen LogP contribution in [0.2, 0.25) is 0 Å². The van der Waals surface area contributed by atoms with Gasteiger partial charge in [0, 0.05) is 0 Å². The Balaban J connectivity index is 2.92. The van der Waals surface area contributed by atoms with Gasteiger partial charge in [-0.3, -0.25) is 0 Å². The van der Waals surface area contributed by atoms with E-state index in [1.165, 1.54) is 25.7 Å². The van der Waals surface area contributed by atoms with E-state index in [4.69, 9.17) is 0 Å². The highest BCUT2D eigenvalue weighted by Crippen LogP contribution is 2.69. The van der Waals surface area contributed by atoms with E-state index in [-0.39, 0.29) is 15.8 Å². The van der Waals surface area contributed by atoms with E-state index in [1.54, 1.807) is 0 Å². The highest BCUT2D eigenvalue weighted by atomic mass is 31.1. The molecular weight excluding hydrogens is 326 g/mol. The SMILES string of the molecule is CC(C)(C)P(C1CCC(P(C(C)(C)C)C(C)(C)C)CC1)C(C)(C)C. The fourth-order valence-corrected chi connectivity index (χ4v) is 15.8. The van der Waals surface area contributed by atoms with E-state index >= 15 is 0 Å². The van der Waals surface area contributed by atoms with Crippen LogP contribution < -0.4 is 0 Å². The summed E-state index contributed by atoms with van der Waals surface area (Å²) in [5, 5.41) is 1.90. The first kappa shape index (κ1) is 22.9. The Bertz CT molecular complexity index is 322. The van der Waals surface area contributed by atoms with Gasteiger partial charge in [0.05, 0.1) is 0 Å². The minimum Gasteiger partial charge on any atom is -0.0924 e. The van der Waals surface area contributed by atoms with Crippen LogP contribution in [-0.4, -0.2) is 31.9 Å². The molecule has 1 aliphatic rings. The summed E-state index contributed by atoms with van der Waals surface area (Å²) in [6.45, 7) is 29.9. The van der Waals surface area contributed by atoms with E-state index < -0.39 is 0 Å². The molecule has 1 fully saturated rings. The van der Waals surface area contributed by atoms with Crippen molar-refractivity contribution in [2.24, 2.45) is 0 Å². The van der Waals surface area contributed by atoms with Crippen LogP contribution in [0.1, 0.15) is 109 Å². The predicted molar refractivity (Wildman–Crippen MR) is 119 cm³/mol. The van der Waals surface area contributed by atoms with Crippen LogP contribution in [0.25, 0.3) is 0 Å². The largest absolute Gasteiger partial charge is 0.0924 e. The summed E-state index contributed by atoms with van der Waals surface area (Å²) in [6.07, 6.45) is 5.93. The minimum atomic E-state index is 0.0518. The van der Waals surface area contributed by atoms with Crippen molar-refractivity contribution in [3.8, 4) is 0 Å². The van der Waals surface area contributed by atoms with Crippen molar-refractivity contribution in [2.75, 3.05) is 0 Å². The molecule has 0 aliphatic heterocycles. The van der Waals surface area contributed by atoms with Gasteiger partial charge in [0.2, 0.25) is 0 Å². The Morgan fingerprint density at radius 3 is 0.708 bits per heavy atom. The Kier molecular flexibility index (Phi) is 7.13. The van der Waals surface area contributed by atoms with Crippen LogP contribution in [-0.2, 0) is 0 Å². The minimum absolute atomic E-state index is 0.0518. The second-order valence-electron chi connectivity index (χ2n) is 11.9. The van der Waals surface area contributed by atoms with E-state index in [1.807, 2.05) is 0 Å². The molecule has 1 aliphatic carbocycles. The quantitative estimate of drug-likeness (QED) is 0.426. The van der Waals surface area contributed by atoms with Crippen LogP contribution in [0.3, 0.4) is 0 Å². The highest BCUT2D eigenvalue weighted by Gasteiger charge is 2.45. The maximum atomic E-state index is 2.49. The molecule has 0 aromatic carbocycles. The summed E-state index contributed by atoms with van der Waals surface area (Å²) in [5.41, 5.74) is 1.96. The normalized spacial score (nSPS) is 24.8. The molecule has 0 unspecified atom stereocenters.